The Balaban J connectivity index is 2.58. The standard InChI is InChI=1S/C11H14ClNO4/c1-9-3-2-4-10(11(9)13(14)15)17-8-7-16-6-5-12/h2-4H,5-8H2,1H3. The predicted molar refractivity (Wildman–Crippen MR) is 64.9 cm³/mol. The van der Waals surface area contributed by atoms with Crippen LogP contribution in [0.5, 0.6) is 5.75 Å². The zero-order chi connectivity index (χ0) is 12.7. The molecule has 0 aliphatic carbocycles. The van der Waals surface area contributed by atoms with E-state index in [4.69, 9.17) is 21.1 Å². The number of hydrogen-bond acceptors (Lipinski definition) is 4. The second-order valence-electron chi connectivity index (χ2n) is 3.33. The minimum absolute atomic E-state index is 0.00448. The molecule has 0 aromatic heterocycles. The molecule has 6 heteroatoms. The fourth-order valence-corrected chi connectivity index (χ4v) is 1.46. The second kappa shape index (κ2) is 7.09. The Hall–Kier alpha value is -1.33. The third kappa shape index (κ3) is 4.20. The molecule has 0 N–H and O–H groups in total. The molecule has 5 nitrogen and oxygen atoms in total. The number of nitro groups is 1. The summed E-state index contributed by atoms with van der Waals surface area (Å²) in [6.07, 6.45) is 0. The van der Waals surface area contributed by atoms with Crippen molar-refractivity contribution in [1.82, 2.24) is 0 Å². The highest BCUT2D eigenvalue weighted by Gasteiger charge is 2.17. The maximum Gasteiger partial charge on any atom is 0.313 e. The summed E-state index contributed by atoms with van der Waals surface area (Å²) in [5, 5.41) is 10.9. The van der Waals surface area contributed by atoms with Gasteiger partial charge in [-0.05, 0) is 13.0 Å². The zero-order valence-electron chi connectivity index (χ0n) is 9.52. The van der Waals surface area contributed by atoms with Crippen LogP contribution in [0.15, 0.2) is 18.2 Å². The molecule has 0 bridgehead atoms. The molecule has 0 fully saturated rings. The smallest absolute Gasteiger partial charge is 0.313 e. The number of halogens is 1. The fourth-order valence-electron chi connectivity index (χ4n) is 1.35. The average molecular weight is 260 g/mol. The molecular weight excluding hydrogens is 246 g/mol. The molecule has 0 unspecified atom stereocenters. The summed E-state index contributed by atoms with van der Waals surface area (Å²) in [6.45, 7) is 2.74. The maximum absolute atomic E-state index is 10.9. The monoisotopic (exact) mass is 259 g/mol. The first-order valence-electron chi connectivity index (χ1n) is 5.17. The Morgan fingerprint density at radius 2 is 2.12 bits per heavy atom. The van der Waals surface area contributed by atoms with Crippen molar-refractivity contribution in [3.8, 4) is 5.75 Å². The van der Waals surface area contributed by atoms with Crippen LogP contribution in [0.3, 0.4) is 0 Å². The Morgan fingerprint density at radius 1 is 1.35 bits per heavy atom. The highest BCUT2D eigenvalue weighted by atomic mass is 35.5. The first kappa shape index (κ1) is 13.7. The molecule has 0 heterocycles. The molecule has 0 aliphatic heterocycles. The topological polar surface area (TPSA) is 61.6 Å². The SMILES string of the molecule is Cc1cccc(OCCOCCCl)c1[N+](=O)[O-]. The van der Waals surface area contributed by atoms with Crippen LogP contribution in [0, 0.1) is 17.0 Å². The first-order valence-corrected chi connectivity index (χ1v) is 5.70. The van der Waals surface area contributed by atoms with Crippen LogP contribution in [0.25, 0.3) is 0 Å². The van der Waals surface area contributed by atoms with Gasteiger partial charge in [0.25, 0.3) is 0 Å². The largest absolute Gasteiger partial charge is 0.484 e. The van der Waals surface area contributed by atoms with Crippen molar-refractivity contribution < 1.29 is 14.4 Å². The summed E-state index contributed by atoms with van der Waals surface area (Å²) in [5.41, 5.74) is 0.582. The van der Waals surface area contributed by atoms with E-state index in [1.807, 2.05) is 0 Å². The van der Waals surface area contributed by atoms with Crippen molar-refractivity contribution in [1.29, 1.82) is 0 Å². The highest BCUT2D eigenvalue weighted by Crippen LogP contribution is 2.29. The molecule has 1 aromatic rings. The Labute approximate surface area is 104 Å². The second-order valence-corrected chi connectivity index (χ2v) is 3.71. The summed E-state index contributed by atoms with van der Waals surface area (Å²) in [5.74, 6) is 0.689. The number of aryl methyl sites for hydroxylation is 1. The molecule has 0 radical (unpaired) electrons. The van der Waals surface area contributed by atoms with Gasteiger partial charge in [0.15, 0.2) is 5.75 Å². The quantitative estimate of drug-likeness (QED) is 0.327. The van der Waals surface area contributed by atoms with Gasteiger partial charge in [0.1, 0.15) is 6.61 Å². The minimum atomic E-state index is -0.440. The van der Waals surface area contributed by atoms with Crippen molar-refractivity contribution >= 4 is 17.3 Å². The van der Waals surface area contributed by atoms with Gasteiger partial charge in [0.05, 0.1) is 18.1 Å². The summed E-state index contributed by atoms with van der Waals surface area (Å²) < 4.78 is 10.4. The third-order valence-electron chi connectivity index (χ3n) is 2.09. The summed E-state index contributed by atoms with van der Waals surface area (Å²) in [6, 6.07) is 4.97. The van der Waals surface area contributed by atoms with Crippen LogP contribution in [0.2, 0.25) is 0 Å². The van der Waals surface area contributed by atoms with Crippen LogP contribution in [-0.2, 0) is 4.74 Å². The average Bonchev–Trinajstić information content (AvgIpc) is 2.28. The van der Waals surface area contributed by atoms with Crippen LogP contribution in [0.1, 0.15) is 5.56 Å². The molecule has 0 saturated carbocycles. The molecule has 94 valence electrons. The number of nitro benzene ring substituents is 1. The molecule has 1 aromatic carbocycles. The number of alkyl halides is 1. The molecule has 1 rings (SSSR count). The summed E-state index contributed by atoms with van der Waals surface area (Å²) in [4.78, 5) is 10.4. The van der Waals surface area contributed by atoms with E-state index < -0.39 is 4.92 Å². The van der Waals surface area contributed by atoms with Gasteiger partial charge in [-0.2, -0.15) is 0 Å². The van der Waals surface area contributed by atoms with E-state index in [2.05, 4.69) is 0 Å². The van der Waals surface area contributed by atoms with Gasteiger partial charge < -0.3 is 9.47 Å². The van der Waals surface area contributed by atoms with Crippen molar-refractivity contribution in [2.24, 2.45) is 0 Å². The Kier molecular flexibility index (Phi) is 5.72. The van der Waals surface area contributed by atoms with Crippen LogP contribution < -0.4 is 4.74 Å². The van der Waals surface area contributed by atoms with Crippen molar-refractivity contribution in [2.75, 3.05) is 25.7 Å². The third-order valence-corrected chi connectivity index (χ3v) is 2.24. The Morgan fingerprint density at radius 3 is 2.76 bits per heavy atom. The minimum Gasteiger partial charge on any atom is -0.484 e. The lowest BCUT2D eigenvalue weighted by molar-refractivity contribution is -0.386. The van der Waals surface area contributed by atoms with Crippen molar-refractivity contribution in [3.05, 3.63) is 33.9 Å². The zero-order valence-corrected chi connectivity index (χ0v) is 10.3. The molecule has 17 heavy (non-hydrogen) atoms. The van der Waals surface area contributed by atoms with Crippen molar-refractivity contribution in [3.63, 3.8) is 0 Å². The van der Waals surface area contributed by atoms with E-state index in [0.717, 1.165) is 0 Å². The van der Waals surface area contributed by atoms with Gasteiger partial charge in [0, 0.05) is 11.4 Å². The normalized spacial score (nSPS) is 10.2. The molecule has 0 saturated heterocycles. The number of rotatable bonds is 7. The van der Waals surface area contributed by atoms with Gasteiger partial charge in [-0.15, -0.1) is 11.6 Å². The maximum atomic E-state index is 10.9. The number of nitrogens with zero attached hydrogens (tertiary/aromatic N) is 1. The van der Waals surface area contributed by atoms with E-state index in [1.54, 1.807) is 25.1 Å². The molecular formula is C11H14ClNO4. The van der Waals surface area contributed by atoms with Gasteiger partial charge in [-0.25, -0.2) is 0 Å². The van der Waals surface area contributed by atoms with Gasteiger partial charge in [-0.3, -0.25) is 10.1 Å². The van der Waals surface area contributed by atoms with E-state index in [9.17, 15) is 10.1 Å². The number of ether oxygens (including phenoxy) is 2. The van der Waals surface area contributed by atoms with Gasteiger partial charge in [-0.1, -0.05) is 12.1 Å². The number of para-hydroxylation sites is 1. The molecule has 0 atom stereocenters. The first-order chi connectivity index (χ1) is 8.16. The van der Waals surface area contributed by atoms with Crippen LogP contribution >= 0.6 is 11.6 Å². The lowest BCUT2D eigenvalue weighted by Crippen LogP contribution is -2.09. The van der Waals surface area contributed by atoms with E-state index >= 15 is 0 Å². The van der Waals surface area contributed by atoms with E-state index in [1.165, 1.54) is 0 Å². The highest BCUT2D eigenvalue weighted by molar-refractivity contribution is 6.17. The predicted octanol–water partition coefficient (Wildman–Crippen LogP) is 2.54. The lowest BCUT2D eigenvalue weighted by Gasteiger charge is -2.08. The van der Waals surface area contributed by atoms with Gasteiger partial charge in [0.2, 0.25) is 0 Å². The fraction of sp³-hybridized carbons (Fsp3) is 0.455. The summed E-state index contributed by atoms with van der Waals surface area (Å²) in [7, 11) is 0. The molecule has 0 aliphatic rings. The van der Waals surface area contributed by atoms with Crippen LogP contribution in [-0.4, -0.2) is 30.6 Å². The van der Waals surface area contributed by atoms with Crippen molar-refractivity contribution in [2.45, 2.75) is 6.92 Å². The number of benzene rings is 1. The Bertz CT molecular complexity index is 384. The van der Waals surface area contributed by atoms with E-state index in [-0.39, 0.29) is 18.0 Å². The van der Waals surface area contributed by atoms with Gasteiger partial charge >= 0.3 is 5.69 Å². The molecule has 0 amide bonds. The summed E-state index contributed by atoms with van der Waals surface area (Å²) >= 11 is 5.43. The number of hydrogen-bond donors (Lipinski definition) is 0. The van der Waals surface area contributed by atoms with Crippen LogP contribution in [0.4, 0.5) is 5.69 Å². The molecule has 0 spiro atoms. The lowest BCUT2D eigenvalue weighted by atomic mass is 10.2. The van der Waals surface area contributed by atoms with E-state index in [0.29, 0.717) is 24.7 Å².